The summed E-state index contributed by atoms with van der Waals surface area (Å²) in [6, 6.07) is 6.66. The first-order valence-electron chi connectivity index (χ1n) is 6.20. The van der Waals surface area contributed by atoms with Gasteiger partial charge < -0.3 is 4.74 Å². The van der Waals surface area contributed by atoms with Crippen LogP contribution in [0, 0.1) is 5.41 Å². The summed E-state index contributed by atoms with van der Waals surface area (Å²) in [7, 11) is -3.13. The van der Waals surface area contributed by atoms with Crippen LogP contribution < -0.4 is 4.74 Å². The molecule has 1 aromatic carbocycles. The largest absolute Gasteiger partial charge is 0.493 e. The molecule has 0 aliphatic heterocycles. The molecule has 4 heteroatoms. The molecular formula is C14H22O3S. The van der Waals surface area contributed by atoms with Crippen LogP contribution in [0.4, 0.5) is 0 Å². The van der Waals surface area contributed by atoms with Gasteiger partial charge in [0.05, 0.1) is 17.3 Å². The first-order valence-corrected chi connectivity index (χ1v) is 7.85. The summed E-state index contributed by atoms with van der Waals surface area (Å²) in [6.07, 6.45) is 0.630. The molecule has 0 amide bonds. The van der Waals surface area contributed by atoms with Gasteiger partial charge in [-0.15, -0.1) is 0 Å². The molecule has 0 saturated heterocycles. The summed E-state index contributed by atoms with van der Waals surface area (Å²) in [5.74, 6) is 0.898. The van der Waals surface area contributed by atoms with E-state index >= 15 is 0 Å². The third-order valence-electron chi connectivity index (χ3n) is 2.33. The quantitative estimate of drug-likeness (QED) is 0.824. The van der Waals surface area contributed by atoms with Gasteiger partial charge in [-0.25, -0.2) is 8.42 Å². The molecule has 0 unspecified atom stereocenters. The van der Waals surface area contributed by atoms with Gasteiger partial charge in [0.25, 0.3) is 0 Å². The van der Waals surface area contributed by atoms with E-state index < -0.39 is 9.84 Å². The van der Waals surface area contributed by atoms with E-state index in [0.717, 1.165) is 0 Å². The minimum Gasteiger partial charge on any atom is -0.493 e. The normalized spacial score (nSPS) is 12.4. The van der Waals surface area contributed by atoms with E-state index in [-0.39, 0.29) is 11.2 Å². The first-order chi connectivity index (χ1) is 8.24. The number of hydrogen-bond acceptors (Lipinski definition) is 3. The molecular weight excluding hydrogens is 248 g/mol. The van der Waals surface area contributed by atoms with Crippen LogP contribution in [-0.4, -0.2) is 20.8 Å². The second-order valence-electron chi connectivity index (χ2n) is 5.64. The molecule has 0 spiro atoms. The maximum atomic E-state index is 11.8. The molecule has 0 radical (unpaired) electrons. The van der Waals surface area contributed by atoms with Gasteiger partial charge in [0.1, 0.15) is 5.75 Å². The van der Waals surface area contributed by atoms with E-state index in [1.54, 1.807) is 24.3 Å². The molecule has 0 heterocycles. The highest BCUT2D eigenvalue weighted by Gasteiger charge is 2.14. The summed E-state index contributed by atoms with van der Waals surface area (Å²) in [5, 5.41) is 0. The predicted octanol–water partition coefficient (Wildman–Crippen LogP) is 3.30. The van der Waals surface area contributed by atoms with Gasteiger partial charge in [0, 0.05) is 0 Å². The second-order valence-corrected chi connectivity index (χ2v) is 7.75. The van der Waals surface area contributed by atoms with E-state index in [1.165, 1.54) is 0 Å². The maximum absolute atomic E-state index is 11.8. The van der Waals surface area contributed by atoms with Crippen molar-refractivity contribution < 1.29 is 13.2 Å². The van der Waals surface area contributed by atoms with Crippen LogP contribution in [0.3, 0.4) is 0 Å². The van der Waals surface area contributed by atoms with Crippen molar-refractivity contribution >= 4 is 9.84 Å². The van der Waals surface area contributed by atoms with Gasteiger partial charge in [-0.1, -0.05) is 27.7 Å². The van der Waals surface area contributed by atoms with E-state index in [9.17, 15) is 8.42 Å². The van der Waals surface area contributed by atoms with Crippen molar-refractivity contribution in [3.63, 3.8) is 0 Å². The average Bonchev–Trinajstić information content (AvgIpc) is 2.26. The Hall–Kier alpha value is -1.03. The van der Waals surface area contributed by atoms with Crippen molar-refractivity contribution in [1.82, 2.24) is 0 Å². The van der Waals surface area contributed by atoms with E-state index in [2.05, 4.69) is 20.8 Å². The van der Waals surface area contributed by atoms with Crippen LogP contribution in [0.5, 0.6) is 5.75 Å². The van der Waals surface area contributed by atoms with E-state index in [1.807, 2.05) is 6.92 Å². The Bertz CT molecular complexity index is 467. The Morgan fingerprint density at radius 3 is 2.11 bits per heavy atom. The first kappa shape index (κ1) is 15.0. The van der Waals surface area contributed by atoms with Crippen molar-refractivity contribution in [3.8, 4) is 5.75 Å². The number of hydrogen-bond donors (Lipinski definition) is 0. The highest BCUT2D eigenvalue weighted by Crippen LogP contribution is 2.20. The van der Waals surface area contributed by atoms with Crippen molar-refractivity contribution in [2.24, 2.45) is 5.41 Å². The lowest BCUT2D eigenvalue weighted by atomic mass is 9.99. The van der Waals surface area contributed by atoms with Gasteiger partial charge in [0.2, 0.25) is 0 Å². The minimum atomic E-state index is -3.13. The van der Waals surface area contributed by atoms with Crippen LogP contribution in [0.1, 0.15) is 34.1 Å². The number of rotatable bonds is 5. The number of benzene rings is 1. The Balaban J connectivity index is 2.75. The van der Waals surface area contributed by atoms with Gasteiger partial charge in [-0.3, -0.25) is 0 Å². The molecule has 0 aromatic heterocycles. The maximum Gasteiger partial charge on any atom is 0.178 e. The molecule has 0 saturated carbocycles. The Morgan fingerprint density at radius 2 is 1.67 bits per heavy atom. The highest BCUT2D eigenvalue weighted by molar-refractivity contribution is 7.91. The molecule has 0 bridgehead atoms. The summed E-state index contributed by atoms with van der Waals surface area (Å²) in [6.45, 7) is 8.74. The molecule has 0 aliphatic carbocycles. The van der Waals surface area contributed by atoms with Crippen molar-refractivity contribution in [3.05, 3.63) is 24.3 Å². The summed E-state index contributed by atoms with van der Waals surface area (Å²) < 4.78 is 29.2. The predicted molar refractivity (Wildman–Crippen MR) is 73.7 cm³/mol. The second kappa shape index (κ2) is 5.74. The molecule has 0 atom stereocenters. The molecule has 102 valence electrons. The molecule has 3 nitrogen and oxygen atoms in total. The fourth-order valence-corrected chi connectivity index (χ4v) is 2.75. The molecule has 0 fully saturated rings. The lowest BCUT2D eigenvalue weighted by Gasteiger charge is -2.18. The van der Waals surface area contributed by atoms with E-state index in [4.69, 9.17) is 4.74 Å². The van der Waals surface area contributed by atoms with Crippen molar-refractivity contribution in [2.45, 2.75) is 39.0 Å². The lowest BCUT2D eigenvalue weighted by Crippen LogP contribution is -2.16. The molecule has 1 aromatic rings. The summed E-state index contributed by atoms with van der Waals surface area (Å²) in [5.41, 5.74) is 0.0902. The minimum absolute atomic E-state index is 0.0902. The van der Waals surface area contributed by atoms with Crippen LogP contribution in [0.25, 0.3) is 0 Å². The van der Waals surface area contributed by atoms with Crippen LogP contribution in [-0.2, 0) is 9.84 Å². The molecule has 0 aliphatic rings. The van der Waals surface area contributed by atoms with Gasteiger partial charge in [0.15, 0.2) is 9.84 Å². The Morgan fingerprint density at radius 1 is 1.11 bits per heavy atom. The van der Waals surface area contributed by atoms with Crippen LogP contribution in [0.15, 0.2) is 29.2 Å². The average molecular weight is 270 g/mol. The standard InChI is InChI=1S/C14H22O3S/c1-5-10-18(15,16)13-8-6-12(7-9-13)17-11-14(2,3)4/h6-9H,5,10-11H2,1-4H3. The monoisotopic (exact) mass is 270 g/mol. The lowest BCUT2D eigenvalue weighted by molar-refractivity contribution is 0.198. The number of sulfone groups is 1. The van der Waals surface area contributed by atoms with Crippen LogP contribution in [0.2, 0.25) is 0 Å². The van der Waals surface area contributed by atoms with Crippen LogP contribution >= 0.6 is 0 Å². The Labute approximate surface area is 110 Å². The SMILES string of the molecule is CCCS(=O)(=O)c1ccc(OCC(C)(C)C)cc1. The fraction of sp³-hybridized carbons (Fsp3) is 0.571. The third-order valence-corrected chi connectivity index (χ3v) is 4.26. The zero-order valence-electron chi connectivity index (χ0n) is 11.6. The zero-order chi connectivity index (χ0) is 13.8. The van der Waals surface area contributed by atoms with Gasteiger partial charge >= 0.3 is 0 Å². The summed E-state index contributed by atoms with van der Waals surface area (Å²) >= 11 is 0. The fourth-order valence-electron chi connectivity index (χ4n) is 1.43. The third kappa shape index (κ3) is 4.69. The van der Waals surface area contributed by atoms with Gasteiger partial charge in [-0.05, 0) is 36.1 Å². The molecule has 1 rings (SSSR count). The topological polar surface area (TPSA) is 43.4 Å². The number of ether oxygens (including phenoxy) is 1. The van der Waals surface area contributed by atoms with Crippen molar-refractivity contribution in [2.75, 3.05) is 12.4 Å². The smallest absolute Gasteiger partial charge is 0.178 e. The molecule has 18 heavy (non-hydrogen) atoms. The zero-order valence-corrected chi connectivity index (χ0v) is 12.4. The van der Waals surface area contributed by atoms with Gasteiger partial charge in [-0.2, -0.15) is 0 Å². The summed E-state index contributed by atoms with van der Waals surface area (Å²) in [4.78, 5) is 0.368. The highest BCUT2D eigenvalue weighted by atomic mass is 32.2. The Kier molecular flexibility index (Phi) is 4.79. The molecule has 0 N–H and O–H groups in total. The van der Waals surface area contributed by atoms with Crippen molar-refractivity contribution in [1.29, 1.82) is 0 Å². The van der Waals surface area contributed by atoms with E-state index in [0.29, 0.717) is 23.7 Å².